The Kier molecular flexibility index (Phi) is 6.63. The van der Waals surface area contributed by atoms with E-state index in [9.17, 15) is 9.65 Å². The number of benzene rings is 6. The minimum atomic E-state index is -0.587. The highest BCUT2D eigenvalue weighted by atomic mass is 19.1. The molecular formula is C40H24FN5. The summed E-state index contributed by atoms with van der Waals surface area (Å²) in [6.45, 7) is 0. The number of halogens is 1. The fourth-order valence-electron chi connectivity index (χ4n) is 5.95. The highest BCUT2D eigenvalue weighted by molar-refractivity contribution is 6.10. The molecule has 0 aliphatic carbocycles. The molecule has 2 heterocycles. The third-order valence-electron chi connectivity index (χ3n) is 8.15. The minimum absolute atomic E-state index is 0.0674. The van der Waals surface area contributed by atoms with Crippen LogP contribution in [0.2, 0.25) is 0 Å². The van der Waals surface area contributed by atoms with Crippen LogP contribution in [-0.4, -0.2) is 19.5 Å². The van der Waals surface area contributed by atoms with Crippen LogP contribution in [0.15, 0.2) is 146 Å². The zero-order valence-electron chi connectivity index (χ0n) is 24.5. The van der Waals surface area contributed by atoms with Crippen molar-refractivity contribution in [3.63, 3.8) is 0 Å². The summed E-state index contributed by atoms with van der Waals surface area (Å²) in [6, 6.07) is 49.4. The third kappa shape index (κ3) is 4.77. The van der Waals surface area contributed by atoms with Crippen molar-refractivity contribution in [3.8, 4) is 57.0 Å². The molecule has 0 atom stereocenters. The molecule has 6 heteroatoms. The number of fused-ring (bicyclic) bond motifs is 3. The standard InChI is InChI=1S/C40H24FN5/c41-35-20-18-29(23-31(35)25-42)39-43-38(28-13-9-12-27(22-28)26-10-3-1-4-11-26)44-40(45-39)30-19-21-37-34(24-30)33-16-7-8-17-36(33)46(37)32-14-5-2-6-15-32/h1-24H. The average Bonchev–Trinajstić information content (AvgIpc) is 3.46. The van der Waals surface area contributed by atoms with Gasteiger partial charge in [-0.1, -0.05) is 84.9 Å². The Labute approximate surface area is 264 Å². The molecule has 0 saturated carbocycles. The molecule has 6 aromatic carbocycles. The lowest BCUT2D eigenvalue weighted by Gasteiger charge is -2.11. The Balaban J connectivity index is 1.34. The monoisotopic (exact) mass is 593 g/mol. The Hall–Kier alpha value is -6.45. The summed E-state index contributed by atoms with van der Waals surface area (Å²) in [5.41, 5.74) is 7.46. The molecule has 0 N–H and O–H groups in total. The maximum atomic E-state index is 14.3. The summed E-state index contributed by atoms with van der Waals surface area (Å²) >= 11 is 0. The lowest BCUT2D eigenvalue weighted by molar-refractivity contribution is 0.624. The highest BCUT2D eigenvalue weighted by Crippen LogP contribution is 2.35. The number of rotatable bonds is 5. The lowest BCUT2D eigenvalue weighted by Crippen LogP contribution is -2.01. The summed E-state index contributed by atoms with van der Waals surface area (Å²) in [5.74, 6) is 0.726. The zero-order chi connectivity index (χ0) is 31.0. The van der Waals surface area contributed by atoms with E-state index in [1.807, 2.05) is 72.8 Å². The van der Waals surface area contributed by atoms with Crippen molar-refractivity contribution >= 4 is 21.8 Å². The molecule has 0 spiro atoms. The largest absolute Gasteiger partial charge is 0.309 e. The van der Waals surface area contributed by atoms with Crippen LogP contribution >= 0.6 is 0 Å². The third-order valence-corrected chi connectivity index (χ3v) is 8.15. The van der Waals surface area contributed by atoms with Crippen LogP contribution in [0.3, 0.4) is 0 Å². The van der Waals surface area contributed by atoms with Gasteiger partial charge in [0.05, 0.1) is 16.6 Å². The molecule has 216 valence electrons. The van der Waals surface area contributed by atoms with Crippen LogP contribution in [0.1, 0.15) is 5.56 Å². The Morgan fingerprint density at radius 3 is 1.78 bits per heavy atom. The van der Waals surface area contributed by atoms with Gasteiger partial charge in [-0.25, -0.2) is 19.3 Å². The van der Waals surface area contributed by atoms with Crippen LogP contribution in [-0.2, 0) is 0 Å². The normalized spacial score (nSPS) is 11.1. The summed E-state index contributed by atoms with van der Waals surface area (Å²) in [7, 11) is 0. The van der Waals surface area contributed by atoms with Crippen molar-refractivity contribution in [2.45, 2.75) is 0 Å². The SMILES string of the molecule is N#Cc1cc(-c2nc(-c3cccc(-c4ccccc4)c3)nc(-c3ccc4c(c3)c3ccccc3n4-c3ccccc3)n2)ccc1F. The summed E-state index contributed by atoms with van der Waals surface area (Å²) < 4.78 is 16.6. The predicted molar refractivity (Wildman–Crippen MR) is 181 cm³/mol. The van der Waals surface area contributed by atoms with E-state index in [2.05, 4.69) is 65.2 Å². The van der Waals surface area contributed by atoms with E-state index in [0.29, 0.717) is 23.0 Å². The van der Waals surface area contributed by atoms with Gasteiger partial charge in [-0.05, 0) is 71.8 Å². The molecule has 5 nitrogen and oxygen atoms in total. The van der Waals surface area contributed by atoms with Gasteiger partial charge in [-0.3, -0.25) is 0 Å². The van der Waals surface area contributed by atoms with Gasteiger partial charge in [0.25, 0.3) is 0 Å². The molecule has 0 radical (unpaired) electrons. The van der Waals surface area contributed by atoms with Crippen LogP contribution in [0.5, 0.6) is 0 Å². The molecule has 0 aliphatic rings. The van der Waals surface area contributed by atoms with Gasteiger partial charge in [0, 0.05) is 33.2 Å². The van der Waals surface area contributed by atoms with Crippen molar-refractivity contribution in [1.29, 1.82) is 5.26 Å². The zero-order valence-corrected chi connectivity index (χ0v) is 24.5. The second kappa shape index (κ2) is 11.2. The molecule has 0 unspecified atom stereocenters. The van der Waals surface area contributed by atoms with E-state index in [1.54, 1.807) is 6.07 Å². The van der Waals surface area contributed by atoms with Gasteiger partial charge in [0.15, 0.2) is 17.5 Å². The van der Waals surface area contributed by atoms with Crippen molar-refractivity contribution in [2.24, 2.45) is 0 Å². The van der Waals surface area contributed by atoms with E-state index in [4.69, 9.17) is 15.0 Å². The highest BCUT2D eigenvalue weighted by Gasteiger charge is 2.17. The smallest absolute Gasteiger partial charge is 0.164 e. The van der Waals surface area contributed by atoms with E-state index in [0.717, 1.165) is 49.7 Å². The maximum absolute atomic E-state index is 14.3. The molecule has 0 bridgehead atoms. The molecular weight excluding hydrogens is 569 g/mol. The number of hydrogen-bond donors (Lipinski definition) is 0. The van der Waals surface area contributed by atoms with Crippen LogP contribution in [0.25, 0.3) is 72.8 Å². The Morgan fingerprint density at radius 1 is 0.478 bits per heavy atom. The Bertz CT molecular complexity index is 2440. The fraction of sp³-hybridized carbons (Fsp3) is 0. The van der Waals surface area contributed by atoms with E-state index < -0.39 is 5.82 Å². The van der Waals surface area contributed by atoms with Crippen LogP contribution in [0.4, 0.5) is 4.39 Å². The molecule has 0 aliphatic heterocycles. The molecule has 0 saturated heterocycles. The minimum Gasteiger partial charge on any atom is -0.309 e. The molecule has 0 amide bonds. The van der Waals surface area contributed by atoms with Gasteiger partial charge in [0.1, 0.15) is 11.9 Å². The first kappa shape index (κ1) is 27.1. The first-order valence-corrected chi connectivity index (χ1v) is 14.9. The van der Waals surface area contributed by atoms with Gasteiger partial charge in [-0.15, -0.1) is 0 Å². The summed E-state index contributed by atoms with van der Waals surface area (Å²) in [4.78, 5) is 14.7. The molecule has 0 fully saturated rings. The predicted octanol–water partition coefficient (Wildman–Crippen LogP) is 9.65. The molecule has 2 aromatic heterocycles. The number of para-hydroxylation sites is 2. The van der Waals surface area contributed by atoms with Crippen LogP contribution < -0.4 is 0 Å². The number of hydrogen-bond acceptors (Lipinski definition) is 4. The van der Waals surface area contributed by atoms with Crippen molar-refractivity contribution in [3.05, 3.63) is 157 Å². The van der Waals surface area contributed by atoms with Crippen molar-refractivity contribution in [1.82, 2.24) is 19.5 Å². The van der Waals surface area contributed by atoms with Crippen LogP contribution in [0, 0.1) is 17.1 Å². The van der Waals surface area contributed by atoms with Gasteiger partial charge >= 0.3 is 0 Å². The van der Waals surface area contributed by atoms with Crippen molar-refractivity contribution in [2.75, 3.05) is 0 Å². The second-order valence-corrected chi connectivity index (χ2v) is 11.0. The summed E-state index contributed by atoms with van der Waals surface area (Å²) in [5, 5.41) is 11.7. The molecule has 46 heavy (non-hydrogen) atoms. The first-order chi connectivity index (χ1) is 22.7. The summed E-state index contributed by atoms with van der Waals surface area (Å²) in [6.07, 6.45) is 0. The van der Waals surface area contributed by atoms with E-state index >= 15 is 0 Å². The topological polar surface area (TPSA) is 67.4 Å². The van der Waals surface area contributed by atoms with E-state index in [1.165, 1.54) is 12.1 Å². The number of nitriles is 1. The molecule has 8 rings (SSSR count). The second-order valence-electron chi connectivity index (χ2n) is 11.0. The molecule has 8 aromatic rings. The first-order valence-electron chi connectivity index (χ1n) is 14.9. The van der Waals surface area contributed by atoms with Gasteiger partial charge < -0.3 is 4.57 Å². The quantitative estimate of drug-likeness (QED) is 0.199. The van der Waals surface area contributed by atoms with Gasteiger partial charge in [0.2, 0.25) is 0 Å². The average molecular weight is 594 g/mol. The van der Waals surface area contributed by atoms with E-state index in [-0.39, 0.29) is 5.56 Å². The van der Waals surface area contributed by atoms with Gasteiger partial charge in [-0.2, -0.15) is 5.26 Å². The fourth-order valence-corrected chi connectivity index (χ4v) is 5.95. The number of nitrogens with zero attached hydrogens (tertiary/aromatic N) is 5. The lowest BCUT2D eigenvalue weighted by atomic mass is 10.0. The Morgan fingerprint density at radius 2 is 1.04 bits per heavy atom. The van der Waals surface area contributed by atoms with Crippen molar-refractivity contribution < 1.29 is 4.39 Å². The number of aromatic nitrogens is 4. The maximum Gasteiger partial charge on any atom is 0.164 e.